The van der Waals surface area contributed by atoms with E-state index < -0.39 is 11.8 Å². The number of halogens is 2. The van der Waals surface area contributed by atoms with E-state index >= 15 is 0 Å². The Labute approximate surface area is 102 Å². The average molecular weight is 285 g/mol. The van der Waals surface area contributed by atoms with Crippen LogP contribution in [0, 0.1) is 17.7 Å². The van der Waals surface area contributed by atoms with E-state index in [4.69, 9.17) is 5.11 Å². The molecule has 84 valence electrons. The van der Waals surface area contributed by atoms with Gasteiger partial charge in [0.2, 0.25) is 0 Å². The summed E-state index contributed by atoms with van der Waals surface area (Å²) >= 11 is 3.24. The summed E-state index contributed by atoms with van der Waals surface area (Å²) in [5.74, 6) is 4.17. The smallest absolute Gasteiger partial charge is 0.307 e. The number of aliphatic carboxylic acids is 1. The molecular formula is C12H10BrFO2. The normalized spacial score (nSPS) is 9.38. The third kappa shape index (κ3) is 4.03. The second-order valence-electron chi connectivity index (χ2n) is 3.12. The first-order chi connectivity index (χ1) is 7.63. The molecule has 2 nitrogen and oxygen atoms in total. The lowest BCUT2D eigenvalue weighted by Crippen LogP contribution is -2.02. The maximum atomic E-state index is 13.2. The highest BCUT2D eigenvalue weighted by molar-refractivity contribution is 9.09. The summed E-state index contributed by atoms with van der Waals surface area (Å²) in [5, 5.41) is 9.37. The minimum atomic E-state index is -1.05. The van der Waals surface area contributed by atoms with E-state index in [-0.39, 0.29) is 12.0 Å². The molecule has 0 aliphatic heterocycles. The lowest BCUT2D eigenvalue weighted by molar-refractivity contribution is -0.136. The van der Waals surface area contributed by atoms with E-state index in [1.54, 1.807) is 6.07 Å². The average Bonchev–Trinajstić information content (AvgIpc) is 2.22. The maximum Gasteiger partial charge on any atom is 0.307 e. The summed E-state index contributed by atoms with van der Waals surface area (Å²) in [7, 11) is 0. The van der Waals surface area contributed by atoms with Crippen LogP contribution in [0.15, 0.2) is 18.2 Å². The summed E-state index contributed by atoms with van der Waals surface area (Å²) in [6.45, 7) is 0. The number of carbonyl (C=O) groups is 1. The fourth-order valence-electron chi connectivity index (χ4n) is 1.16. The van der Waals surface area contributed by atoms with Gasteiger partial charge in [-0.25, -0.2) is 4.39 Å². The molecular weight excluding hydrogens is 275 g/mol. The molecule has 1 aromatic carbocycles. The highest BCUT2D eigenvalue weighted by Gasteiger charge is 2.06. The molecule has 0 saturated heterocycles. The topological polar surface area (TPSA) is 37.3 Å². The van der Waals surface area contributed by atoms with Gasteiger partial charge in [0.15, 0.2) is 0 Å². The Balaban J connectivity index is 2.90. The lowest BCUT2D eigenvalue weighted by Gasteiger charge is -2.00. The molecule has 0 unspecified atom stereocenters. The Bertz CT molecular complexity index is 446. The van der Waals surface area contributed by atoms with Crippen molar-refractivity contribution in [2.75, 3.05) is 5.33 Å². The van der Waals surface area contributed by atoms with Gasteiger partial charge in [0.25, 0.3) is 0 Å². The van der Waals surface area contributed by atoms with Crippen LogP contribution < -0.4 is 0 Å². The fraction of sp³-hybridized carbons (Fsp3) is 0.250. The molecule has 1 rings (SSSR count). The van der Waals surface area contributed by atoms with Crippen molar-refractivity contribution in [3.05, 3.63) is 35.1 Å². The second kappa shape index (κ2) is 6.29. The number of rotatable bonds is 3. The Morgan fingerprint density at radius 3 is 2.88 bits per heavy atom. The largest absolute Gasteiger partial charge is 0.481 e. The molecule has 0 atom stereocenters. The number of hydrogen-bond donors (Lipinski definition) is 1. The monoisotopic (exact) mass is 284 g/mol. The minimum absolute atomic E-state index is 0.165. The predicted octanol–water partition coefficient (Wildman–Crippen LogP) is 2.59. The van der Waals surface area contributed by atoms with Crippen LogP contribution in [0.3, 0.4) is 0 Å². The summed E-state index contributed by atoms with van der Waals surface area (Å²) in [5.41, 5.74) is 0.803. The Hall–Kier alpha value is -1.34. The van der Waals surface area contributed by atoms with Gasteiger partial charge in [-0.05, 0) is 18.2 Å². The highest BCUT2D eigenvalue weighted by Crippen LogP contribution is 2.10. The maximum absolute atomic E-state index is 13.2. The van der Waals surface area contributed by atoms with Crippen molar-refractivity contribution in [3.63, 3.8) is 0 Å². The number of benzene rings is 1. The third-order valence-corrected chi connectivity index (χ3v) is 2.24. The molecule has 0 spiro atoms. The molecule has 0 bridgehead atoms. The lowest BCUT2D eigenvalue weighted by atomic mass is 10.1. The van der Waals surface area contributed by atoms with Crippen LogP contribution >= 0.6 is 15.9 Å². The summed E-state index contributed by atoms with van der Waals surface area (Å²) in [6.07, 6.45) is 0.380. The summed E-state index contributed by atoms with van der Waals surface area (Å²) in [6, 6.07) is 4.27. The van der Waals surface area contributed by atoms with Crippen molar-refractivity contribution in [2.24, 2.45) is 0 Å². The van der Waals surface area contributed by atoms with Crippen LogP contribution in [0.2, 0.25) is 0 Å². The Morgan fingerprint density at radius 2 is 2.25 bits per heavy atom. The van der Waals surface area contributed by atoms with E-state index in [0.717, 1.165) is 5.33 Å². The van der Waals surface area contributed by atoms with E-state index in [9.17, 15) is 9.18 Å². The van der Waals surface area contributed by atoms with Gasteiger partial charge >= 0.3 is 5.97 Å². The second-order valence-corrected chi connectivity index (χ2v) is 3.91. The van der Waals surface area contributed by atoms with Crippen molar-refractivity contribution < 1.29 is 14.3 Å². The van der Waals surface area contributed by atoms with Crippen LogP contribution in [0.25, 0.3) is 0 Å². The van der Waals surface area contributed by atoms with Gasteiger partial charge < -0.3 is 5.11 Å². The molecule has 4 heteroatoms. The molecule has 0 saturated carbocycles. The molecule has 0 aliphatic carbocycles. The van der Waals surface area contributed by atoms with Crippen LogP contribution in [0.1, 0.15) is 17.5 Å². The van der Waals surface area contributed by atoms with Crippen LogP contribution in [0.5, 0.6) is 0 Å². The molecule has 1 aromatic rings. The van der Waals surface area contributed by atoms with Gasteiger partial charge in [0.1, 0.15) is 5.82 Å². The third-order valence-electron chi connectivity index (χ3n) is 1.84. The van der Waals surface area contributed by atoms with Crippen molar-refractivity contribution in [1.82, 2.24) is 0 Å². The van der Waals surface area contributed by atoms with E-state index in [1.165, 1.54) is 12.1 Å². The molecule has 0 aliphatic rings. The van der Waals surface area contributed by atoms with Crippen molar-refractivity contribution in [2.45, 2.75) is 12.8 Å². The zero-order valence-electron chi connectivity index (χ0n) is 8.46. The zero-order chi connectivity index (χ0) is 12.0. The van der Waals surface area contributed by atoms with Crippen LogP contribution in [-0.2, 0) is 11.2 Å². The minimum Gasteiger partial charge on any atom is -0.481 e. The van der Waals surface area contributed by atoms with Crippen molar-refractivity contribution in [3.8, 4) is 11.8 Å². The van der Waals surface area contributed by atoms with Gasteiger partial charge in [-0.15, -0.1) is 0 Å². The van der Waals surface area contributed by atoms with E-state index in [2.05, 4.69) is 27.8 Å². The van der Waals surface area contributed by atoms with E-state index in [0.29, 0.717) is 12.0 Å². The van der Waals surface area contributed by atoms with Gasteiger partial charge in [0.05, 0.1) is 6.42 Å². The van der Waals surface area contributed by atoms with Crippen LogP contribution in [0.4, 0.5) is 4.39 Å². The molecule has 16 heavy (non-hydrogen) atoms. The quantitative estimate of drug-likeness (QED) is 0.684. The van der Waals surface area contributed by atoms with Gasteiger partial charge in [0, 0.05) is 22.9 Å². The summed E-state index contributed by atoms with van der Waals surface area (Å²) < 4.78 is 13.2. The number of hydrogen-bond acceptors (Lipinski definition) is 1. The first-order valence-electron chi connectivity index (χ1n) is 4.68. The van der Waals surface area contributed by atoms with Gasteiger partial charge in [-0.2, -0.15) is 0 Å². The predicted molar refractivity (Wildman–Crippen MR) is 63.0 cm³/mol. The van der Waals surface area contributed by atoms with Crippen molar-refractivity contribution >= 4 is 21.9 Å². The van der Waals surface area contributed by atoms with Gasteiger partial charge in [-0.1, -0.05) is 27.8 Å². The van der Waals surface area contributed by atoms with Crippen LogP contribution in [-0.4, -0.2) is 16.4 Å². The molecule has 0 heterocycles. The molecule has 0 aromatic heterocycles. The first kappa shape index (κ1) is 12.7. The Morgan fingerprint density at radius 1 is 1.50 bits per heavy atom. The summed E-state index contributed by atoms with van der Waals surface area (Å²) in [4.78, 5) is 10.5. The molecule has 0 amide bonds. The van der Waals surface area contributed by atoms with E-state index in [1.807, 2.05) is 0 Å². The first-order valence-corrected chi connectivity index (χ1v) is 5.80. The molecule has 1 N–H and O–H groups in total. The van der Waals surface area contributed by atoms with Crippen molar-refractivity contribution in [1.29, 1.82) is 0 Å². The number of carboxylic acid groups (broad SMARTS) is 1. The highest BCUT2D eigenvalue weighted by atomic mass is 79.9. The SMILES string of the molecule is O=C(O)Cc1cc(C#CCCBr)ccc1F. The standard InChI is InChI=1S/C12H10BrFO2/c13-6-2-1-3-9-4-5-11(14)10(7-9)8-12(15)16/h4-5,7H,2,6,8H2,(H,15,16). The fourth-order valence-corrected chi connectivity index (χ4v) is 1.36. The Kier molecular flexibility index (Phi) is 5.00. The molecule has 0 fully saturated rings. The number of carboxylic acids is 1. The molecule has 0 radical (unpaired) electrons. The zero-order valence-corrected chi connectivity index (χ0v) is 10.1. The van der Waals surface area contributed by atoms with Gasteiger partial charge in [-0.3, -0.25) is 4.79 Å². The number of alkyl halides is 1.